The van der Waals surface area contributed by atoms with E-state index in [2.05, 4.69) is 10.6 Å². The highest BCUT2D eigenvalue weighted by molar-refractivity contribution is 5.85. The Kier molecular flexibility index (Phi) is 3.35. The summed E-state index contributed by atoms with van der Waals surface area (Å²) in [4.78, 5) is 11.2. The van der Waals surface area contributed by atoms with Gasteiger partial charge in [-0.2, -0.15) is 0 Å². The fraction of sp³-hybridized carbons (Fsp3) is 0.875. The molecule has 1 amide bonds. The van der Waals surface area contributed by atoms with E-state index < -0.39 is 0 Å². The molecule has 4 heteroatoms. The molecule has 0 aliphatic carbocycles. The van der Waals surface area contributed by atoms with Crippen molar-refractivity contribution in [2.45, 2.75) is 25.3 Å². The van der Waals surface area contributed by atoms with Gasteiger partial charge in [0.05, 0.1) is 5.92 Å². The zero-order valence-corrected chi connectivity index (χ0v) is 7.82. The summed E-state index contributed by atoms with van der Waals surface area (Å²) >= 11 is 0. The predicted octanol–water partition coefficient (Wildman–Crippen LogP) is 0.296. The molecule has 70 valence electrons. The first kappa shape index (κ1) is 9.81. The number of nitrogens with one attached hydrogen (secondary N) is 2. The summed E-state index contributed by atoms with van der Waals surface area (Å²) in [6.07, 6.45) is 3.43. The topological polar surface area (TPSA) is 41.1 Å². The van der Waals surface area contributed by atoms with Crippen LogP contribution in [0.4, 0.5) is 0 Å². The van der Waals surface area contributed by atoms with Gasteiger partial charge in [-0.1, -0.05) is 0 Å². The first-order valence-electron chi connectivity index (χ1n) is 4.39. The Hall–Kier alpha value is -0.280. The molecule has 0 aromatic heterocycles. The SMILES string of the molecule is Cl.O=C1NCC[C@@H]1[C@@H]1CCCN1. The van der Waals surface area contributed by atoms with Gasteiger partial charge in [-0.25, -0.2) is 0 Å². The normalized spacial score (nSPS) is 34.5. The molecule has 2 aliphatic heterocycles. The molecule has 2 rings (SSSR count). The van der Waals surface area contributed by atoms with Gasteiger partial charge in [-0.15, -0.1) is 12.4 Å². The molecule has 2 atom stereocenters. The van der Waals surface area contributed by atoms with Gasteiger partial charge < -0.3 is 10.6 Å². The van der Waals surface area contributed by atoms with Gasteiger partial charge >= 0.3 is 0 Å². The monoisotopic (exact) mass is 190 g/mol. The summed E-state index contributed by atoms with van der Waals surface area (Å²) in [6, 6.07) is 0.470. The molecule has 0 aromatic carbocycles. The predicted molar refractivity (Wildman–Crippen MR) is 49.4 cm³/mol. The zero-order chi connectivity index (χ0) is 7.68. The summed E-state index contributed by atoms with van der Waals surface area (Å²) in [7, 11) is 0. The van der Waals surface area contributed by atoms with Crippen LogP contribution in [0.25, 0.3) is 0 Å². The average Bonchev–Trinajstić information content (AvgIpc) is 2.55. The first-order chi connectivity index (χ1) is 5.38. The molecule has 0 radical (unpaired) electrons. The van der Waals surface area contributed by atoms with Gasteiger partial charge in [-0.3, -0.25) is 4.79 Å². The van der Waals surface area contributed by atoms with Crippen LogP contribution in [-0.4, -0.2) is 25.0 Å². The van der Waals surface area contributed by atoms with Gasteiger partial charge in [0.2, 0.25) is 5.91 Å². The average molecular weight is 191 g/mol. The van der Waals surface area contributed by atoms with E-state index in [1.165, 1.54) is 12.8 Å². The van der Waals surface area contributed by atoms with Gasteiger partial charge in [0.15, 0.2) is 0 Å². The second-order valence-electron chi connectivity index (χ2n) is 3.39. The van der Waals surface area contributed by atoms with Crippen molar-refractivity contribution in [3.05, 3.63) is 0 Å². The van der Waals surface area contributed by atoms with Crippen LogP contribution in [-0.2, 0) is 4.79 Å². The molecule has 2 aliphatic rings. The smallest absolute Gasteiger partial charge is 0.224 e. The van der Waals surface area contributed by atoms with Crippen molar-refractivity contribution < 1.29 is 4.79 Å². The number of amides is 1. The molecule has 2 fully saturated rings. The van der Waals surface area contributed by atoms with Crippen LogP contribution in [0.1, 0.15) is 19.3 Å². The van der Waals surface area contributed by atoms with E-state index in [1.54, 1.807) is 0 Å². The van der Waals surface area contributed by atoms with Crippen molar-refractivity contribution in [2.75, 3.05) is 13.1 Å². The van der Waals surface area contributed by atoms with Crippen molar-refractivity contribution in [1.29, 1.82) is 0 Å². The molecule has 3 nitrogen and oxygen atoms in total. The molecule has 0 unspecified atom stereocenters. The summed E-state index contributed by atoms with van der Waals surface area (Å²) in [5.41, 5.74) is 0. The maximum absolute atomic E-state index is 11.2. The largest absolute Gasteiger partial charge is 0.356 e. The van der Waals surface area contributed by atoms with E-state index in [0.717, 1.165) is 19.5 Å². The number of rotatable bonds is 1. The second kappa shape index (κ2) is 4.10. The van der Waals surface area contributed by atoms with Crippen molar-refractivity contribution >= 4 is 18.3 Å². The Morgan fingerprint density at radius 3 is 2.58 bits per heavy atom. The standard InChI is InChI=1S/C8H14N2O.ClH/c11-8-6(3-5-10-8)7-2-1-4-9-7;/h6-7,9H,1-5H2,(H,10,11);1H/t6-,7+;/m1./s1. The van der Waals surface area contributed by atoms with Crippen molar-refractivity contribution in [3.8, 4) is 0 Å². The second-order valence-corrected chi connectivity index (χ2v) is 3.39. The Morgan fingerprint density at radius 2 is 2.08 bits per heavy atom. The maximum atomic E-state index is 11.2. The molecule has 0 aromatic rings. The van der Waals surface area contributed by atoms with E-state index in [4.69, 9.17) is 0 Å². The minimum Gasteiger partial charge on any atom is -0.356 e. The minimum absolute atomic E-state index is 0. The third-order valence-electron chi connectivity index (χ3n) is 2.68. The van der Waals surface area contributed by atoms with Gasteiger partial charge in [0.25, 0.3) is 0 Å². The lowest BCUT2D eigenvalue weighted by molar-refractivity contribution is -0.123. The zero-order valence-electron chi connectivity index (χ0n) is 7.01. The van der Waals surface area contributed by atoms with Crippen LogP contribution in [0.5, 0.6) is 0 Å². The van der Waals surface area contributed by atoms with Crippen LogP contribution >= 0.6 is 12.4 Å². The van der Waals surface area contributed by atoms with Gasteiger partial charge in [0.1, 0.15) is 0 Å². The number of hydrogen-bond donors (Lipinski definition) is 2. The summed E-state index contributed by atoms with van der Waals surface area (Å²) in [6.45, 7) is 1.97. The number of hydrogen-bond acceptors (Lipinski definition) is 2. The van der Waals surface area contributed by atoms with Crippen LogP contribution in [0.3, 0.4) is 0 Å². The Labute approximate surface area is 78.7 Å². The third-order valence-corrected chi connectivity index (χ3v) is 2.68. The van der Waals surface area contributed by atoms with Crippen molar-refractivity contribution in [3.63, 3.8) is 0 Å². The molecule has 0 bridgehead atoms. The molecule has 2 heterocycles. The third kappa shape index (κ3) is 1.72. The Balaban J connectivity index is 0.000000720. The molecule has 2 N–H and O–H groups in total. The summed E-state index contributed by atoms with van der Waals surface area (Å²) in [5.74, 6) is 0.516. The van der Waals surface area contributed by atoms with E-state index in [-0.39, 0.29) is 24.2 Å². The Morgan fingerprint density at radius 1 is 1.25 bits per heavy atom. The van der Waals surface area contributed by atoms with Gasteiger partial charge in [0, 0.05) is 12.6 Å². The highest BCUT2D eigenvalue weighted by atomic mass is 35.5. The number of carbonyl (C=O) groups excluding carboxylic acids is 1. The Bertz CT molecular complexity index is 168. The van der Waals surface area contributed by atoms with Crippen molar-refractivity contribution in [2.24, 2.45) is 5.92 Å². The fourth-order valence-corrected chi connectivity index (χ4v) is 2.05. The lowest BCUT2D eigenvalue weighted by Crippen LogP contribution is -2.35. The molecular formula is C8H15ClN2O. The summed E-state index contributed by atoms with van der Waals surface area (Å²) < 4.78 is 0. The number of carbonyl (C=O) groups is 1. The minimum atomic E-state index is 0. The summed E-state index contributed by atoms with van der Waals surface area (Å²) in [5, 5.41) is 6.24. The van der Waals surface area contributed by atoms with Crippen LogP contribution in [0.15, 0.2) is 0 Å². The first-order valence-corrected chi connectivity index (χ1v) is 4.39. The number of halogens is 1. The fourth-order valence-electron chi connectivity index (χ4n) is 2.05. The molecule has 12 heavy (non-hydrogen) atoms. The maximum Gasteiger partial charge on any atom is 0.224 e. The lowest BCUT2D eigenvalue weighted by Gasteiger charge is -2.14. The highest BCUT2D eigenvalue weighted by Gasteiger charge is 2.33. The van der Waals surface area contributed by atoms with E-state index in [9.17, 15) is 4.79 Å². The van der Waals surface area contributed by atoms with E-state index in [1.807, 2.05) is 0 Å². The van der Waals surface area contributed by atoms with E-state index in [0.29, 0.717) is 6.04 Å². The molecule has 0 spiro atoms. The lowest BCUT2D eigenvalue weighted by atomic mass is 9.97. The van der Waals surface area contributed by atoms with Crippen LogP contribution in [0, 0.1) is 5.92 Å². The molecular weight excluding hydrogens is 176 g/mol. The van der Waals surface area contributed by atoms with Crippen LogP contribution in [0.2, 0.25) is 0 Å². The van der Waals surface area contributed by atoms with E-state index >= 15 is 0 Å². The highest BCUT2D eigenvalue weighted by Crippen LogP contribution is 2.20. The molecule has 0 saturated carbocycles. The quantitative estimate of drug-likeness (QED) is 0.625. The molecule has 2 saturated heterocycles. The van der Waals surface area contributed by atoms with Gasteiger partial charge in [-0.05, 0) is 25.8 Å². The van der Waals surface area contributed by atoms with Crippen LogP contribution < -0.4 is 10.6 Å². The van der Waals surface area contributed by atoms with Crippen molar-refractivity contribution in [1.82, 2.24) is 10.6 Å².